The number of pyridine rings is 1. The first-order chi connectivity index (χ1) is 18.4. The summed E-state index contributed by atoms with van der Waals surface area (Å²) in [5, 5.41) is 4.89. The van der Waals surface area contributed by atoms with Gasteiger partial charge in [-0.1, -0.05) is 35.9 Å². The van der Waals surface area contributed by atoms with E-state index < -0.39 is 0 Å². The van der Waals surface area contributed by atoms with Gasteiger partial charge in [0, 0.05) is 45.7 Å². The second-order valence-electron chi connectivity index (χ2n) is 10.1. The quantitative estimate of drug-likeness (QED) is 0.261. The van der Waals surface area contributed by atoms with Crippen LogP contribution in [0.1, 0.15) is 52.3 Å². The highest BCUT2D eigenvalue weighted by molar-refractivity contribution is 7.21. The molecule has 7 heteroatoms. The number of halogens is 1. The van der Waals surface area contributed by atoms with Gasteiger partial charge in [0.15, 0.2) is 0 Å². The van der Waals surface area contributed by atoms with E-state index in [1.54, 1.807) is 7.11 Å². The molecule has 198 valence electrons. The number of hydrogen-bond donors (Lipinski definition) is 1. The molecule has 0 spiro atoms. The fourth-order valence-electron chi connectivity index (χ4n) is 5.59. The standard InChI is InChI=1S/C31H34ClN3O2S/c1-19-15-22(16-20(2)34-19)21-9-14-27(37-4)23(17-21)18-35(25-12-10-24(33-3)11-13-25)31(36)30-29(32)26-7-5-6-8-28(26)38-30/h5-9,14-17,24-25,33H,10-13,18H2,1-4H3/t24-,25+. The Bertz CT molecular complexity index is 1440. The zero-order chi connectivity index (χ0) is 26.8. The van der Waals surface area contributed by atoms with Crippen molar-refractivity contribution in [2.45, 2.75) is 58.2 Å². The largest absolute Gasteiger partial charge is 0.496 e. The molecule has 1 amide bonds. The number of aromatic nitrogens is 1. The summed E-state index contributed by atoms with van der Waals surface area (Å²) in [6.07, 6.45) is 3.98. The van der Waals surface area contributed by atoms with Gasteiger partial charge in [0.1, 0.15) is 10.6 Å². The van der Waals surface area contributed by atoms with Crippen molar-refractivity contribution < 1.29 is 9.53 Å². The maximum atomic E-state index is 14.2. The number of hydrogen-bond acceptors (Lipinski definition) is 5. The van der Waals surface area contributed by atoms with Gasteiger partial charge in [-0.05, 0) is 88.0 Å². The Morgan fingerprint density at radius 2 is 1.76 bits per heavy atom. The van der Waals surface area contributed by atoms with Crippen LogP contribution in [0.4, 0.5) is 0 Å². The Morgan fingerprint density at radius 3 is 2.42 bits per heavy atom. The number of ether oxygens (including phenoxy) is 1. The maximum absolute atomic E-state index is 14.2. The molecule has 0 aliphatic heterocycles. The smallest absolute Gasteiger partial charge is 0.266 e. The number of fused-ring (bicyclic) bond motifs is 1. The van der Waals surface area contributed by atoms with Crippen LogP contribution >= 0.6 is 22.9 Å². The molecule has 2 aromatic heterocycles. The second kappa shape index (κ2) is 11.4. The molecule has 2 heterocycles. The van der Waals surface area contributed by atoms with Crippen molar-refractivity contribution in [1.29, 1.82) is 0 Å². The molecule has 1 saturated carbocycles. The van der Waals surface area contributed by atoms with Crippen LogP contribution in [-0.2, 0) is 6.54 Å². The van der Waals surface area contributed by atoms with Gasteiger partial charge in [-0.15, -0.1) is 11.3 Å². The van der Waals surface area contributed by atoms with Crippen molar-refractivity contribution >= 4 is 38.9 Å². The Morgan fingerprint density at radius 1 is 1.05 bits per heavy atom. The number of nitrogens with zero attached hydrogens (tertiary/aromatic N) is 2. The Labute approximate surface area is 233 Å². The van der Waals surface area contributed by atoms with E-state index in [9.17, 15) is 4.79 Å². The van der Waals surface area contributed by atoms with Gasteiger partial charge in [0.25, 0.3) is 5.91 Å². The molecule has 2 aromatic carbocycles. The first kappa shape index (κ1) is 26.7. The zero-order valence-corrected chi connectivity index (χ0v) is 24.0. The minimum Gasteiger partial charge on any atom is -0.496 e. The fourth-order valence-corrected chi connectivity index (χ4v) is 7.06. The number of nitrogens with one attached hydrogen (secondary N) is 1. The summed E-state index contributed by atoms with van der Waals surface area (Å²) < 4.78 is 6.81. The third-order valence-electron chi connectivity index (χ3n) is 7.57. The number of carbonyl (C=O) groups excluding carboxylic acids is 1. The average Bonchev–Trinajstić information content (AvgIpc) is 3.27. The molecule has 0 radical (unpaired) electrons. The number of rotatable bonds is 7. The van der Waals surface area contributed by atoms with Gasteiger partial charge < -0.3 is 15.0 Å². The summed E-state index contributed by atoms with van der Waals surface area (Å²) >= 11 is 8.28. The van der Waals surface area contributed by atoms with E-state index in [2.05, 4.69) is 34.6 Å². The summed E-state index contributed by atoms with van der Waals surface area (Å²) in [7, 11) is 3.70. The van der Waals surface area contributed by atoms with E-state index in [-0.39, 0.29) is 11.9 Å². The lowest BCUT2D eigenvalue weighted by Crippen LogP contribution is -2.44. The molecular weight excluding hydrogens is 514 g/mol. The fraction of sp³-hybridized carbons (Fsp3) is 0.355. The highest BCUT2D eigenvalue weighted by atomic mass is 35.5. The summed E-state index contributed by atoms with van der Waals surface area (Å²) in [6.45, 7) is 4.48. The van der Waals surface area contributed by atoms with E-state index in [1.807, 2.05) is 56.1 Å². The van der Waals surface area contributed by atoms with Crippen LogP contribution in [0, 0.1) is 13.8 Å². The van der Waals surface area contributed by atoms with Gasteiger partial charge in [-0.25, -0.2) is 0 Å². The van der Waals surface area contributed by atoms with E-state index >= 15 is 0 Å². The highest BCUT2D eigenvalue weighted by Gasteiger charge is 2.32. The number of aryl methyl sites for hydroxylation is 2. The molecule has 5 rings (SSSR count). The summed E-state index contributed by atoms with van der Waals surface area (Å²) in [5.74, 6) is 0.771. The van der Waals surface area contributed by atoms with Crippen LogP contribution in [0.5, 0.6) is 5.75 Å². The molecule has 1 aliphatic rings. The molecule has 4 aromatic rings. The third-order valence-corrected chi connectivity index (χ3v) is 9.24. The van der Waals surface area contributed by atoms with Gasteiger partial charge >= 0.3 is 0 Å². The van der Waals surface area contributed by atoms with Crippen molar-refractivity contribution in [3.63, 3.8) is 0 Å². The molecule has 1 N–H and O–H groups in total. The molecule has 38 heavy (non-hydrogen) atoms. The predicted octanol–water partition coefficient (Wildman–Crippen LogP) is 7.42. The summed E-state index contributed by atoms with van der Waals surface area (Å²) in [4.78, 5) is 21.4. The maximum Gasteiger partial charge on any atom is 0.266 e. The molecule has 0 unspecified atom stereocenters. The van der Waals surface area contributed by atoms with E-state index in [1.165, 1.54) is 11.3 Å². The van der Waals surface area contributed by atoms with E-state index in [0.29, 0.717) is 22.5 Å². The van der Waals surface area contributed by atoms with Crippen LogP contribution in [0.25, 0.3) is 21.2 Å². The monoisotopic (exact) mass is 547 g/mol. The molecule has 0 bridgehead atoms. The number of benzene rings is 2. The van der Waals surface area contributed by atoms with Crippen LogP contribution in [-0.4, -0.2) is 42.0 Å². The van der Waals surface area contributed by atoms with Crippen molar-refractivity contribution in [3.05, 3.63) is 81.4 Å². The Balaban J connectivity index is 1.54. The summed E-state index contributed by atoms with van der Waals surface area (Å²) in [5.41, 5.74) is 5.14. The molecule has 1 aliphatic carbocycles. The molecule has 0 saturated heterocycles. The number of methoxy groups -OCH3 is 1. The zero-order valence-electron chi connectivity index (χ0n) is 22.4. The predicted molar refractivity (Wildman–Crippen MR) is 158 cm³/mol. The SMILES string of the molecule is CN[C@H]1CC[C@@H](N(Cc2cc(-c3cc(C)nc(C)c3)ccc2OC)C(=O)c2sc3ccccc3c2Cl)CC1. The van der Waals surface area contributed by atoms with Crippen molar-refractivity contribution in [2.75, 3.05) is 14.2 Å². The molecular formula is C31H34ClN3O2S. The average molecular weight is 548 g/mol. The van der Waals surface area contributed by atoms with E-state index in [4.69, 9.17) is 16.3 Å². The van der Waals surface area contributed by atoms with Crippen LogP contribution < -0.4 is 10.1 Å². The van der Waals surface area contributed by atoms with Gasteiger partial charge in [-0.3, -0.25) is 9.78 Å². The Kier molecular flexibility index (Phi) is 8.03. The van der Waals surface area contributed by atoms with Crippen molar-refractivity contribution in [2.24, 2.45) is 0 Å². The minimum atomic E-state index is -0.00726. The number of amides is 1. The third kappa shape index (κ3) is 5.44. The van der Waals surface area contributed by atoms with Crippen LogP contribution in [0.2, 0.25) is 5.02 Å². The molecule has 0 atom stereocenters. The van der Waals surface area contributed by atoms with Gasteiger partial charge in [0.2, 0.25) is 0 Å². The van der Waals surface area contributed by atoms with Crippen molar-refractivity contribution in [1.82, 2.24) is 15.2 Å². The summed E-state index contributed by atoms with van der Waals surface area (Å²) in [6, 6.07) is 19.0. The molecule has 1 fully saturated rings. The van der Waals surface area contributed by atoms with Gasteiger partial charge in [-0.2, -0.15) is 0 Å². The van der Waals surface area contributed by atoms with E-state index in [0.717, 1.165) is 69.6 Å². The van der Waals surface area contributed by atoms with Crippen LogP contribution in [0.15, 0.2) is 54.6 Å². The minimum absolute atomic E-state index is 0.00726. The van der Waals surface area contributed by atoms with Gasteiger partial charge in [0.05, 0.1) is 12.1 Å². The highest BCUT2D eigenvalue weighted by Crippen LogP contribution is 2.38. The number of carbonyl (C=O) groups is 1. The lowest BCUT2D eigenvalue weighted by Gasteiger charge is -2.37. The first-order valence-corrected chi connectivity index (χ1v) is 14.3. The first-order valence-electron chi connectivity index (χ1n) is 13.2. The lowest BCUT2D eigenvalue weighted by molar-refractivity contribution is 0.0604. The Hall–Kier alpha value is -2.93. The topological polar surface area (TPSA) is 54.5 Å². The second-order valence-corrected chi connectivity index (χ2v) is 11.6. The number of thiophene rings is 1. The normalized spacial score (nSPS) is 17.5. The molecule has 5 nitrogen and oxygen atoms in total. The van der Waals surface area contributed by atoms with Crippen LogP contribution in [0.3, 0.4) is 0 Å². The lowest BCUT2D eigenvalue weighted by atomic mass is 9.89. The van der Waals surface area contributed by atoms with Crippen molar-refractivity contribution in [3.8, 4) is 16.9 Å².